The van der Waals surface area contributed by atoms with Gasteiger partial charge in [-0.2, -0.15) is 0 Å². The molecule has 0 spiro atoms. The van der Waals surface area contributed by atoms with Crippen molar-refractivity contribution in [2.24, 2.45) is 0 Å². The fraction of sp³-hybridized carbons (Fsp3) is 0.417. The van der Waals surface area contributed by atoms with Crippen molar-refractivity contribution in [2.45, 2.75) is 32.5 Å². The first-order valence-corrected chi connectivity index (χ1v) is 5.17. The number of aliphatic carboxylic acids is 1. The first kappa shape index (κ1) is 13.6. The molecule has 0 bridgehead atoms. The van der Waals surface area contributed by atoms with Gasteiger partial charge >= 0.3 is 5.97 Å². The largest absolute Gasteiger partial charge is 0.481 e. The monoisotopic (exact) mass is 242 g/mol. The van der Waals surface area contributed by atoms with Crippen LogP contribution in [0.15, 0.2) is 12.1 Å². The maximum Gasteiger partial charge on any atom is 0.306 e. The van der Waals surface area contributed by atoms with Crippen molar-refractivity contribution >= 4 is 5.97 Å². The van der Waals surface area contributed by atoms with E-state index in [4.69, 9.17) is 5.11 Å². The maximum absolute atomic E-state index is 13.3. The van der Waals surface area contributed by atoms with Gasteiger partial charge in [0.15, 0.2) is 0 Å². The van der Waals surface area contributed by atoms with Crippen molar-refractivity contribution in [2.75, 3.05) is 0 Å². The number of carboxylic acid groups (broad SMARTS) is 1. The zero-order chi connectivity index (χ0) is 13.2. The minimum Gasteiger partial charge on any atom is -0.481 e. The molecule has 1 rings (SSSR count). The number of aryl methyl sites for hydroxylation is 2. The minimum absolute atomic E-state index is 0.315. The Morgan fingerprint density at radius 2 is 1.76 bits per heavy atom. The van der Waals surface area contributed by atoms with Crippen molar-refractivity contribution in [1.82, 2.24) is 0 Å². The number of hydrogen-bond donors (Lipinski definition) is 3. The molecule has 94 valence electrons. The molecule has 0 aliphatic rings. The summed E-state index contributed by atoms with van der Waals surface area (Å²) < 4.78 is 13.3. The normalized spacial score (nSPS) is 14.4. The van der Waals surface area contributed by atoms with E-state index in [1.807, 2.05) is 0 Å². The number of aliphatic hydroxyl groups excluding tert-OH is 2. The first-order chi connectivity index (χ1) is 7.82. The van der Waals surface area contributed by atoms with E-state index in [1.54, 1.807) is 13.8 Å². The van der Waals surface area contributed by atoms with Crippen molar-refractivity contribution in [1.29, 1.82) is 0 Å². The molecule has 0 amide bonds. The fourth-order valence-corrected chi connectivity index (χ4v) is 1.66. The van der Waals surface area contributed by atoms with Gasteiger partial charge in [-0.3, -0.25) is 4.79 Å². The molecule has 1 aromatic carbocycles. The lowest BCUT2D eigenvalue weighted by Gasteiger charge is -2.18. The van der Waals surface area contributed by atoms with Crippen molar-refractivity contribution in [3.63, 3.8) is 0 Å². The molecule has 0 heterocycles. The first-order valence-electron chi connectivity index (χ1n) is 5.17. The van der Waals surface area contributed by atoms with Crippen LogP contribution in [0, 0.1) is 19.7 Å². The van der Waals surface area contributed by atoms with Gasteiger partial charge in [0.1, 0.15) is 11.9 Å². The van der Waals surface area contributed by atoms with E-state index in [1.165, 1.54) is 12.1 Å². The summed E-state index contributed by atoms with van der Waals surface area (Å²) in [6.45, 7) is 3.09. The second-order valence-electron chi connectivity index (χ2n) is 4.08. The molecule has 0 saturated heterocycles. The Bertz CT molecular complexity index is 408. The summed E-state index contributed by atoms with van der Waals surface area (Å²) in [7, 11) is 0. The van der Waals surface area contributed by atoms with E-state index < -0.39 is 24.6 Å². The predicted molar refractivity (Wildman–Crippen MR) is 59.1 cm³/mol. The molecular formula is C12H15FO4. The molecule has 0 aliphatic heterocycles. The third kappa shape index (κ3) is 3.25. The Labute approximate surface area is 98.3 Å². The Morgan fingerprint density at radius 1 is 1.29 bits per heavy atom. The SMILES string of the molecule is Cc1cc(C(O)C(O)CC(=O)O)cc(C)c1F. The number of hydrogen-bond acceptors (Lipinski definition) is 3. The number of carbonyl (C=O) groups is 1. The number of halogens is 1. The van der Waals surface area contributed by atoms with Crippen LogP contribution in [0.2, 0.25) is 0 Å². The van der Waals surface area contributed by atoms with Crippen LogP contribution in [-0.2, 0) is 4.79 Å². The predicted octanol–water partition coefficient (Wildman–Crippen LogP) is 1.31. The smallest absolute Gasteiger partial charge is 0.306 e. The maximum atomic E-state index is 13.3. The van der Waals surface area contributed by atoms with Crippen LogP contribution < -0.4 is 0 Å². The molecule has 2 unspecified atom stereocenters. The molecule has 0 fully saturated rings. The summed E-state index contributed by atoms with van der Waals surface area (Å²) >= 11 is 0. The lowest BCUT2D eigenvalue weighted by atomic mass is 9.98. The lowest BCUT2D eigenvalue weighted by molar-refractivity contribution is -0.141. The molecule has 5 heteroatoms. The highest BCUT2D eigenvalue weighted by Crippen LogP contribution is 2.23. The third-order valence-electron chi connectivity index (χ3n) is 2.55. The molecule has 0 aliphatic carbocycles. The Hall–Kier alpha value is -1.46. The van der Waals surface area contributed by atoms with E-state index in [-0.39, 0.29) is 5.82 Å². The van der Waals surface area contributed by atoms with Crippen molar-refractivity contribution in [3.8, 4) is 0 Å². The van der Waals surface area contributed by atoms with Gasteiger partial charge in [-0.1, -0.05) is 12.1 Å². The van der Waals surface area contributed by atoms with Gasteiger partial charge in [-0.15, -0.1) is 0 Å². The Balaban J connectivity index is 2.96. The van der Waals surface area contributed by atoms with E-state index >= 15 is 0 Å². The van der Waals surface area contributed by atoms with E-state index in [9.17, 15) is 19.4 Å². The van der Waals surface area contributed by atoms with Crippen LogP contribution in [0.4, 0.5) is 4.39 Å². The van der Waals surface area contributed by atoms with Crippen LogP contribution in [0.1, 0.15) is 29.2 Å². The van der Waals surface area contributed by atoms with Gasteiger partial charge < -0.3 is 15.3 Å². The molecule has 0 saturated carbocycles. The topological polar surface area (TPSA) is 77.8 Å². The molecule has 0 radical (unpaired) electrons. The van der Waals surface area contributed by atoms with E-state index in [0.29, 0.717) is 16.7 Å². The summed E-state index contributed by atoms with van der Waals surface area (Å²) in [5.74, 6) is -1.57. The van der Waals surface area contributed by atoms with Crippen LogP contribution in [0.25, 0.3) is 0 Å². The summed E-state index contributed by atoms with van der Waals surface area (Å²) in [5.41, 5.74) is 1.01. The molecular weight excluding hydrogens is 227 g/mol. The quantitative estimate of drug-likeness (QED) is 0.744. The van der Waals surface area contributed by atoms with Crippen molar-refractivity contribution in [3.05, 3.63) is 34.6 Å². The third-order valence-corrected chi connectivity index (χ3v) is 2.55. The van der Waals surface area contributed by atoms with Gasteiger partial charge in [-0.25, -0.2) is 4.39 Å². The molecule has 2 atom stereocenters. The molecule has 4 nitrogen and oxygen atoms in total. The fourth-order valence-electron chi connectivity index (χ4n) is 1.66. The zero-order valence-electron chi connectivity index (χ0n) is 9.64. The van der Waals surface area contributed by atoms with Gasteiger partial charge in [0.25, 0.3) is 0 Å². The van der Waals surface area contributed by atoms with E-state index in [2.05, 4.69) is 0 Å². The zero-order valence-corrected chi connectivity index (χ0v) is 9.64. The molecule has 17 heavy (non-hydrogen) atoms. The molecule has 1 aromatic rings. The number of benzene rings is 1. The summed E-state index contributed by atoms with van der Waals surface area (Å²) in [6, 6.07) is 2.80. The van der Waals surface area contributed by atoms with Gasteiger partial charge in [-0.05, 0) is 30.5 Å². The number of rotatable bonds is 4. The number of aliphatic hydroxyl groups is 2. The summed E-state index contributed by atoms with van der Waals surface area (Å²) in [6.07, 6.45) is -3.29. The second-order valence-corrected chi connectivity index (χ2v) is 4.08. The van der Waals surface area contributed by atoms with Crippen LogP contribution in [0.5, 0.6) is 0 Å². The second kappa shape index (κ2) is 5.25. The standard InChI is InChI=1S/C12H15FO4/c1-6-3-8(4-7(2)11(6)13)12(17)9(14)5-10(15)16/h3-4,9,12,14,17H,5H2,1-2H3,(H,15,16). The van der Waals surface area contributed by atoms with E-state index in [0.717, 1.165) is 0 Å². The molecule has 0 aromatic heterocycles. The van der Waals surface area contributed by atoms with Crippen molar-refractivity contribution < 1.29 is 24.5 Å². The van der Waals surface area contributed by atoms with Gasteiger partial charge in [0.2, 0.25) is 0 Å². The minimum atomic E-state index is -1.41. The van der Waals surface area contributed by atoms with Crippen LogP contribution in [-0.4, -0.2) is 27.4 Å². The Morgan fingerprint density at radius 3 is 2.18 bits per heavy atom. The van der Waals surface area contributed by atoms with Crippen LogP contribution >= 0.6 is 0 Å². The average Bonchev–Trinajstić information content (AvgIpc) is 2.23. The Kier molecular flexibility index (Phi) is 4.20. The molecule has 3 N–H and O–H groups in total. The van der Waals surface area contributed by atoms with Gasteiger partial charge in [0, 0.05) is 0 Å². The van der Waals surface area contributed by atoms with Gasteiger partial charge in [0.05, 0.1) is 12.5 Å². The lowest BCUT2D eigenvalue weighted by Crippen LogP contribution is -2.22. The summed E-state index contributed by atoms with van der Waals surface area (Å²) in [5, 5.41) is 27.7. The number of carboxylic acids is 1. The summed E-state index contributed by atoms with van der Waals surface area (Å²) in [4.78, 5) is 10.4. The average molecular weight is 242 g/mol. The van der Waals surface area contributed by atoms with Crippen LogP contribution in [0.3, 0.4) is 0 Å². The highest BCUT2D eigenvalue weighted by atomic mass is 19.1. The highest BCUT2D eigenvalue weighted by molar-refractivity contribution is 5.67. The highest BCUT2D eigenvalue weighted by Gasteiger charge is 2.22.